The Hall–Kier alpha value is -1.38. The van der Waals surface area contributed by atoms with Crippen molar-refractivity contribution in [2.45, 2.75) is 147 Å². The van der Waals surface area contributed by atoms with E-state index in [4.69, 9.17) is 0 Å². The van der Waals surface area contributed by atoms with Crippen LogP contribution < -0.4 is 0 Å². The number of carboxylic acids is 1. The SMILES string of the molecule is CCCCCC1CCC(C2CCC(C(C)c3ccccc3C3(CCC)CCC(C(=O)O)CC3F)CC2)CC1. The van der Waals surface area contributed by atoms with Gasteiger partial charge in [0.05, 0.1) is 5.92 Å². The molecule has 3 aliphatic rings. The van der Waals surface area contributed by atoms with Gasteiger partial charge in [-0.05, 0) is 105 Å². The summed E-state index contributed by atoms with van der Waals surface area (Å²) in [6.07, 6.45) is 18.8. The first-order valence-corrected chi connectivity index (χ1v) is 16.4. The number of hydrogen-bond acceptors (Lipinski definition) is 1. The third kappa shape index (κ3) is 6.67. The lowest BCUT2D eigenvalue weighted by atomic mass is 9.60. The molecule has 0 aliphatic heterocycles. The van der Waals surface area contributed by atoms with E-state index in [1.54, 1.807) is 0 Å². The van der Waals surface area contributed by atoms with E-state index in [-0.39, 0.29) is 6.42 Å². The fourth-order valence-electron chi connectivity index (χ4n) is 8.92. The van der Waals surface area contributed by atoms with Crippen molar-refractivity contribution in [2.24, 2.45) is 29.6 Å². The normalized spacial score (nSPS) is 35.1. The zero-order valence-electron chi connectivity index (χ0n) is 24.6. The summed E-state index contributed by atoms with van der Waals surface area (Å²) >= 11 is 0. The Kier molecular flexibility index (Phi) is 10.7. The van der Waals surface area contributed by atoms with E-state index in [1.807, 2.05) is 0 Å². The van der Waals surface area contributed by atoms with E-state index in [1.165, 1.54) is 88.2 Å². The van der Waals surface area contributed by atoms with Gasteiger partial charge in [-0.15, -0.1) is 0 Å². The maximum Gasteiger partial charge on any atom is 0.306 e. The number of benzene rings is 1. The fourth-order valence-corrected chi connectivity index (χ4v) is 8.92. The molecule has 3 saturated carbocycles. The number of alkyl halides is 1. The molecule has 4 unspecified atom stereocenters. The number of halogens is 1. The number of aliphatic carboxylic acids is 1. The van der Waals surface area contributed by atoms with Crippen molar-refractivity contribution in [1.29, 1.82) is 0 Å². The van der Waals surface area contributed by atoms with Gasteiger partial charge in [0.2, 0.25) is 0 Å². The average Bonchev–Trinajstić information content (AvgIpc) is 2.94. The van der Waals surface area contributed by atoms with Crippen LogP contribution in [-0.2, 0) is 10.2 Å². The van der Waals surface area contributed by atoms with Crippen molar-refractivity contribution >= 4 is 5.97 Å². The highest BCUT2D eigenvalue weighted by Crippen LogP contribution is 2.51. The van der Waals surface area contributed by atoms with Crippen molar-refractivity contribution in [3.63, 3.8) is 0 Å². The molecule has 0 spiro atoms. The lowest BCUT2D eigenvalue weighted by molar-refractivity contribution is -0.144. The highest BCUT2D eigenvalue weighted by atomic mass is 19.1. The predicted molar refractivity (Wildman–Crippen MR) is 156 cm³/mol. The number of carboxylic acid groups (broad SMARTS) is 1. The van der Waals surface area contributed by atoms with Crippen LogP contribution in [0.2, 0.25) is 0 Å². The first kappa shape index (κ1) is 29.6. The van der Waals surface area contributed by atoms with Crippen LogP contribution in [0.15, 0.2) is 24.3 Å². The molecule has 0 heterocycles. The molecule has 3 heteroatoms. The highest BCUT2D eigenvalue weighted by molar-refractivity contribution is 5.70. The highest BCUT2D eigenvalue weighted by Gasteiger charge is 2.47. The van der Waals surface area contributed by atoms with Gasteiger partial charge in [0.1, 0.15) is 6.17 Å². The molecule has 0 radical (unpaired) electrons. The smallest absolute Gasteiger partial charge is 0.306 e. The van der Waals surface area contributed by atoms with E-state index in [0.717, 1.165) is 30.6 Å². The van der Waals surface area contributed by atoms with Crippen molar-refractivity contribution in [1.82, 2.24) is 0 Å². The Morgan fingerprint density at radius 1 is 0.947 bits per heavy atom. The van der Waals surface area contributed by atoms with Gasteiger partial charge in [0, 0.05) is 5.41 Å². The van der Waals surface area contributed by atoms with Gasteiger partial charge in [0.25, 0.3) is 0 Å². The second-order valence-electron chi connectivity index (χ2n) is 13.5. The van der Waals surface area contributed by atoms with E-state index < -0.39 is 23.5 Å². The van der Waals surface area contributed by atoms with Crippen molar-refractivity contribution in [2.75, 3.05) is 0 Å². The minimum Gasteiger partial charge on any atom is -0.481 e. The number of rotatable bonds is 11. The summed E-state index contributed by atoms with van der Waals surface area (Å²) in [4.78, 5) is 11.6. The van der Waals surface area contributed by atoms with Crippen LogP contribution in [0, 0.1) is 29.6 Å². The topological polar surface area (TPSA) is 37.3 Å². The minimum atomic E-state index is -1.08. The molecule has 214 valence electrons. The number of unbranched alkanes of at least 4 members (excludes halogenated alkanes) is 2. The molecule has 0 aromatic heterocycles. The molecular formula is C35H55FO2. The molecule has 1 aromatic rings. The molecule has 3 aliphatic carbocycles. The van der Waals surface area contributed by atoms with Crippen LogP contribution in [0.25, 0.3) is 0 Å². The van der Waals surface area contributed by atoms with E-state index in [9.17, 15) is 9.90 Å². The third-order valence-corrected chi connectivity index (χ3v) is 11.4. The largest absolute Gasteiger partial charge is 0.481 e. The Morgan fingerprint density at radius 2 is 1.61 bits per heavy atom. The summed E-state index contributed by atoms with van der Waals surface area (Å²) in [6.45, 7) is 6.84. The second-order valence-corrected chi connectivity index (χ2v) is 13.5. The molecule has 38 heavy (non-hydrogen) atoms. The molecule has 3 fully saturated rings. The average molecular weight is 527 g/mol. The van der Waals surface area contributed by atoms with Gasteiger partial charge in [-0.1, -0.05) is 90.0 Å². The first-order valence-electron chi connectivity index (χ1n) is 16.4. The second kappa shape index (κ2) is 13.8. The summed E-state index contributed by atoms with van der Waals surface area (Å²) < 4.78 is 16.0. The van der Waals surface area contributed by atoms with Crippen molar-refractivity contribution in [3.8, 4) is 0 Å². The van der Waals surface area contributed by atoms with Gasteiger partial charge in [-0.25, -0.2) is 4.39 Å². The zero-order valence-corrected chi connectivity index (χ0v) is 24.6. The molecule has 1 N–H and O–H groups in total. The van der Waals surface area contributed by atoms with Gasteiger partial charge < -0.3 is 5.11 Å². The van der Waals surface area contributed by atoms with Crippen LogP contribution in [-0.4, -0.2) is 17.2 Å². The summed E-state index contributed by atoms with van der Waals surface area (Å²) in [6, 6.07) is 8.66. The molecule has 0 bridgehead atoms. The molecule has 1 aromatic carbocycles. The van der Waals surface area contributed by atoms with Crippen LogP contribution in [0.5, 0.6) is 0 Å². The van der Waals surface area contributed by atoms with Gasteiger partial charge >= 0.3 is 5.97 Å². The lowest BCUT2D eigenvalue weighted by Gasteiger charge is -2.45. The minimum absolute atomic E-state index is 0.157. The summed E-state index contributed by atoms with van der Waals surface area (Å²) in [7, 11) is 0. The number of carbonyl (C=O) groups is 1. The summed E-state index contributed by atoms with van der Waals surface area (Å²) in [5.74, 6) is 2.58. The lowest BCUT2D eigenvalue weighted by Crippen LogP contribution is -2.44. The summed E-state index contributed by atoms with van der Waals surface area (Å²) in [5.41, 5.74) is 2.00. The fraction of sp³-hybridized carbons (Fsp3) is 0.800. The first-order chi connectivity index (χ1) is 18.4. The molecule has 4 rings (SSSR count). The maximum absolute atomic E-state index is 16.0. The monoisotopic (exact) mass is 526 g/mol. The maximum atomic E-state index is 16.0. The Bertz CT molecular complexity index is 866. The molecule has 0 amide bonds. The van der Waals surface area contributed by atoms with Crippen molar-refractivity contribution < 1.29 is 14.3 Å². The van der Waals surface area contributed by atoms with Crippen molar-refractivity contribution in [3.05, 3.63) is 35.4 Å². The molecule has 2 nitrogen and oxygen atoms in total. The van der Waals surface area contributed by atoms with Gasteiger partial charge in [0.15, 0.2) is 0 Å². The molecular weight excluding hydrogens is 471 g/mol. The van der Waals surface area contributed by atoms with Gasteiger partial charge in [-0.3, -0.25) is 4.79 Å². The number of hydrogen-bond donors (Lipinski definition) is 1. The van der Waals surface area contributed by atoms with Crippen LogP contribution in [0.4, 0.5) is 4.39 Å². The molecule has 4 atom stereocenters. The van der Waals surface area contributed by atoms with Crippen LogP contribution in [0.1, 0.15) is 147 Å². The summed E-state index contributed by atoms with van der Waals surface area (Å²) in [5, 5.41) is 9.55. The van der Waals surface area contributed by atoms with E-state index >= 15 is 4.39 Å². The Labute approximate surface area is 232 Å². The quantitative estimate of drug-likeness (QED) is 0.291. The Balaban J connectivity index is 1.39. The Morgan fingerprint density at radius 3 is 2.21 bits per heavy atom. The predicted octanol–water partition coefficient (Wildman–Crippen LogP) is 10.2. The standard InChI is InChI=1S/C35H55FO2/c1-4-6-7-10-26-13-15-28(16-14-26)29-19-17-27(18-20-29)25(3)31-11-8-9-12-32(31)35(22-5-2)23-21-30(34(37)38)24-33(35)36/h8-9,11-12,25-30,33H,4-7,10,13-24H2,1-3H3,(H,37,38). The molecule has 0 saturated heterocycles. The third-order valence-electron chi connectivity index (χ3n) is 11.4. The van der Waals surface area contributed by atoms with Crippen LogP contribution in [0.3, 0.4) is 0 Å². The van der Waals surface area contributed by atoms with Gasteiger partial charge in [-0.2, -0.15) is 0 Å². The van der Waals surface area contributed by atoms with Crippen LogP contribution >= 0.6 is 0 Å². The van der Waals surface area contributed by atoms with E-state index in [0.29, 0.717) is 24.7 Å². The zero-order chi connectivity index (χ0) is 27.1. The van der Waals surface area contributed by atoms with E-state index in [2.05, 4.69) is 45.0 Å².